The molecule has 0 saturated heterocycles. The van der Waals surface area contributed by atoms with Crippen LogP contribution in [0.4, 0.5) is 11.6 Å². The molecule has 0 atom stereocenters. The second kappa shape index (κ2) is 4.70. The first-order valence-electron chi connectivity index (χ1n) is 7.00. The third kappa shape index (κ3) is 2.07. The molecule has 0 radical (unpaired) electrons. The summed E-state index contributed by atoms with van der Waals surface area (Å²) in [6.45, 7) is 0. The highest BCUT2D eigenvalue weighted by atomic mass is 15.3. The third-order valence-electron chi connectivity index (χ3n) is 3.80. The van der Waals surface area contributed by atoms with E-state index < -0.39 is 0 Å². The van der Waals surface area contributed by atoms with Crippen molar-refractivity contribution in [1.29, 1.82) is 0 Å². The Morgan fingerprint density at radius 3 is 2.71 bits per heavy atom. The summed E-state index contributed by atoms with van der Waals surface area (Å²) in [4.78, 5) is 9.12. The molecule has 0 spiro atoms. The SMILES string of the molecule is Cn1ncc2c1-c1nc(Nc3ccccc3)ncc1CC2. The van der Waals surface area contributed by atoms with Crippen molar-refractivity contribution in [3.63, 3.8) is 0 Å². The minimum Gasteiger partial charge on any atom is -0.324 e. The Morgan fingerprint density at radius 2 is 1.86 bits per heavy atom. The minimum absolute atomic E-state index is 0.619. The molecule has 21 heavy (non-hydrogen) atoms. The van der Waals surface area contributed by atoms with E-state index in [1.807, 2.05) is 54.5 Å². The molecule has 0 aliphatic heterocycles. The number of hydrogen-bond donors (Lipinski definition) is 1. The lowest BCUT2D eigenvalue weighted by Crippen LogP contribution is -2.10. The first kappa shape index (κ1) is 12.1. The van der Waals surface area contributed by atoms with E-state index in [0.29, 0.717) is 5.95 Å². The van der Waals surface area contributed by atoms with Crippen molar-refractivity contribution in [1.82, 2.24) is 19.7 Å². The van der Waals surface area contributed by atoms with Crippen molar-refractivity contribution in [2.45, 2.75) is 12.8 Å². The lowest BCUT2D eigenvalue weighted by molar-refractivity contribution is 0.766. The highest BCUT2D eigenvalue weighted by molar-refractivity contribution is 5.67. The molecule has 3 aromatic rings. The Bertz CT molecular complexity index is 792. The number of aromatic nitrogens is 4. The van der Waals surface area contributed by atoms with Crippen LogP contribution in [-0.2, 0) is 19.9 Å². The van der Waals surface area contributed by atoms with Crippen LogP contribution in [0.1, 0.15) is 11.1 Å². The molecule has 1 aromatic carbocycles. The van der Waals surface area contributed by atoms with Crippen LogP contribution in [0, 0.1) is 0 Å². The first-order chi connectivity index (χ1) is 10.3. The number of fused-ring (bicyclic) bond motifs is 3. The summed E-state index contributed by atoms with van der Waals surface area (Å²) >= 11 is 0. The predicted molar refractivity (Wildman–Crippen MR) is 81.4 cm³/mol. The van der Waals surface area contributed by atoms with Crippen molar-refractivity contribution in [2.24, 2.45) is 7.05 Å². The number of nitrogens with one attached hydrogen (secondary N) is 1. The number of para-hydroxylation sites is 1. The van der Waals surface area contributed by atoms with E-state index >= 15 is 0 Å². The van der Waals surface area contributed by atoms with Crippen LogP contribution in [0.25, 0.3) is 11.4 Å². The normalized spacial score (nSPS) is 12.6. The summed E-state index contributed by atoms with van der Waals surface area (Å²) in [6, 6.07) is 9.96. The summed E-state index contributed by atoms with van der Waals surface area (Å²) in [5, 5.41) is 7.59. The molecular formula is C16H15N5. The predicted octanol–water partition coefficient (Wildman–Crippen LogP) is 2.72. The summed E-state index contributed by atoms with van der Waals surface area (Å²) < 4.78 is 1.90. The van der Waals surface area contributed by atoms with Crippen molar-refractivity contribution < 1.29 is 0 Å². The van der Waals surface area contributed by atoms with Gasteiger partial charge in [-0.25, -0.2) is 9.97 Å². The van der Waals surface area contributed by atoms with Gasteiger partial charge >= 0.3 is 0 Å². The summed E-state index contributed by atoms with van der Waals surface area (Å²) in [5.41, 5.74) is 5.53. The molecule has 1 N–H and O–H groups in total. The highest BCUT2D eigenvalue weighted by Crippen LogP contribution is 2.31. The van der Waals surface area contributed by atoms with Crippen LogP contribution in [0.5, 0.6) is 0 Å². The molecule has 4 rings (SSSR count). The highest BCUT2D eigenvalue weighted by Gasteiger charge is 2.22. The lowest BCUT2D eigenvalue weighted by atomic mass is 9.95. The van der Waals surface area contributed by atoms with Gasteiger partial charge in [0.25, 0.3) is 0 Å². The molecule has 104 valence electrons. The van der Waals surface area contributed by atoms with Gasteiger partial charge in [-0.05, 0) is 36.1 Å². The van der Waals surface area contributed by atoms with Gasteiger partial charge in [-0.3, -0.25) is 4.68 Å². The number of aryl methyl sites for hydroxylation is 3. The molecule has 0 unspecified atom stereocenters. The zero-order chi connectivity index (χ0) is 14.2. The third-order valence-corrected chi connectivity index (χ3v) is 3.80. The van der Waals surface area contributed by atoms with Crippen LogP contribution in [0.2, 0.25) is 0 Å². The second-order valence-corrected chi connectivity index (χ2v) is 5.20. The average molecular weight is 277 g/mol. The Balaban J connectivity index is 1.76. The number of hydrogen-bond acceptors (Lipinski definition) is 4. The zero-order valence-corrected chi connectivity index (χ0v) is 11.7. The molecule has 0 bridgehead atoms. The summed E-state index contributed by atoms with van der Waals surface area (Å²) in [5.74, 6) is 0.619. The quantitative estimate of drug-likeness (QED) is 0.782. The molecule has 0 fully saturated rings. The molecule has 1 aliphatic rings. The number of benzene rings is 1. The van der Waals surface area contributed by atoms with Crippen LogP contribution >= 0.6 is 0 Å². The maximum absolute atomic E-state index is 4.70. The van der Waals surface area contributed by atoms with Crippen LogP contribution in [-0.4, -0.2) is 19.7 Å². The van der Waals surface area contributed by atoms with Gasteiger partial charge in [-0.2, -0.15) is 5.10 Å². The van der Waals surface area contributed by atoms with Gasteiger partial charge < -0.3 is 5.32 Å². The van der Waals surface area contributed by atoms with E-state index in [1.54, 1.807) is 0 Å². The van der Waals surface area contributed by atoms with Crippen molar-refractivity contribution >= 4 is 11.6 Å². The van der Waals surface area contributed by atoms with E-state index in [0.717, 1.165) is 29.9 Å². The fourth-order valence-corrected chi connectivity index (χ4v) is 2.75. The Hall–Kier alpha value is -2.69. The molecule has 0 amide bonds. The van der Waals surface area contributed by atoms with Gasteiger partial charge in [0.2, 0.25) is 5.95 Å². The van der Waals surface area contributed by atoms with Gasteiger partial charge in [0.1, 0.15) is 0 Å². The fraction of sp³-hybridized carbons (Fsp3) is 0.188. The van der Waals surface area contributed by atoms with Gasteiger partial charge in [0.15, 0.2) is 0 Å². The maximum atomic E-state index is 4.70. The number of nitrogens with zero attached hydrogens (tertiary/aromatic N) is 4. The van der Waals surface area contributed by atoms with Crippen LogP contribution < -0.4 is 5.32 Å². The Morgan fingerprint density at radius 1 is 1.05 bits per heavy atom. The molecule has 5 heteroatoms. The van der Waals surface area contributed by atoms with Crippen LogP contribution in [0.3, 0.4) is 0 Å². The molecule has 5 nitrogen and oxygen atoms in total. The second-order valence-electron chi connectivity index (χ2n) is 5.20. The number of rotatable bonds is 2. The average Bonchev–Trinajstić information content (AvgIpc) is 2.90. The number of anilines is 2. The van der Waals surface area contributed by atoms with E-state index in [-0.39, 0.29) is 0 Å². The zero-order valence-electron chi connectivity index (χ0n) is 11.7. The molecule has 2 aromatic heterocycles. The smallest absolute Gasteiger partial charge is 0.227 e. The molecule has 2 heterocycles. The van der Waals surface area contributed by atoms with Crippen molar-refractivity contribution in [2.75, 3.05) is 5.32 Å². The maximum Gasteiger partial charge on any atom is 0.227 e. The van der Waals surface area contributed by atoms with Gasteiger partial charge in [0.05, 0.1) is 17.6 Å². The van der Waals surface area contributed by atoms with E-state index in [4.69, 9.17) is 4.98 Å². The van der Waals surface area contributed by atoms with Crippen molar-refractivity contribution in [3.8, 4) is 11.4 Å². The van der Waals surface area contributed by atoms with Gasteiger partial charge in [-0.1, -0.05) is 18.2 Å². The molecule has 0 saturated carbocycles. The first-order valence-corrected chi connectivity index (χ1v) is 7.00. The lowest BCUT2D eigenvalue weighted by Gasteiger charge is -2.17. The minimum atomic E-state index is 0.619. The van der Waals surface area contributed by atoms with Crippen LogP contribution in [0.15, 0.2) is 42.7 Å². The Labute approximate surface area is 122 Å². The topological polar surface area (TPSA) is 55.6 Å². The summed E-state index contributed by atoms with van der Waals surface area (Å²) in [7, 11) is 1.96. The fourth-order valence-electron chi connectivity index (χ4n) is 2.75. The largest absolute Gasteiger partial charge is 0.324 e. The monoisotopic (exact) mass is 277 g/mol. The van der Waals surface area contributed by atoms with E-state index in [9.17, 15) is 0 Å². The standard InChI is InChI=1S/C16H15N5/c1-21-15-12(10-18-21)8-7-11-9-17-16(20-14(11)15)19-13-5-3-2-4-6-13/h2-6,9-10H,7-8H2,1H3,(H,17,19,20). The Kier molecular flexibility index (Phi) is 2.70. The summed E-state index contributed by atoms with van der Waals surface area (Å²) in [6.07, 6.45) is 5.83. The van der Waals surface area contributed by atoms with Gasteiger partial charge in [0, 0.05) is 18.9 Å². The molecule has 1 aliphatic carbocycles. The van der Waals surface area contributed by atoms with Gasteiger partial charge in [-0.15, -0.1) is 0 Å². The van der Waals surface area contributed by atoms with Crippen molar-refractivity contribution in [3.05, 3.63) is 53.9 Å². The van der Waals surface area contributed by atoms with E-state index in [1.165, 1.54) is 11.1 Å². The van der Waals surface area contributed by atoms with E-state index in [2.05, 4.69) is 15.4 Å². The molecular weight excluding hydrogens is 262 g/mol.